The molecule has 0 bridgehead atoms. The normalized spacial score (nSPS) is 10.4. The Labute approximate surface area is 159 Å². The largest absolute Gasteiger partial charge is 0.497 e. The number of anilines is 2. The maximum atomic E-state index is 12.2. The molecule has 0 unspecified atom stereocenters. The molecular formula is C18H19N3O3S2. The van der Waals surface area contributed by atoms with E-state index in [0.717, 1.165) is 12.1 Å². The van der Waals surface area contributed by atoms with E-state index in [9.17, 15) is 4.79 Å². The van der Waals surface area contributed by atoms with Crippen molar-refractivity contribution in [2.45, 2.75) is 6.42 Å². The molecule has 0 aliphatic rings. The minimum atomic E-state index is -0.174. The maximum Gasteiger partial charge on any atom is 0.270 e. The number of carbonyl (C=O) groups is 1. The number of hydrogen-bond donors (Lipinski definition) is 2. The van der Waals surface area contributed by atoms with Gasteiger partial charge < -0.3 is 20.1 Å². The molecule has 0 aliphatic carbocycles. The molecule has 3 rings (SSSR count). The minimum Gasteiger partial charge on any atom is -0.497 e. The molecule has 0 saturated carbocycles. The molecule has 0 atom stereocenters. The van der Waals surface area contributed by atoms with Crippen LogP contribution in [0.1, 0.15) is 15.4 Å². The number of rotatable bonds is 8. The zero-order chi connectivity index (χ0) is 18.4. The first kappa shape index (κ1) is 18.2. The number of carbonyl (C=O) groups excluding carboxylic acids is 1. The van der Waals surface area contributed by atoms with Crippen LogP contribution < -0.4 is 20.1 Å². The highest BCUT2D eigenvalue weighted by Crippen LogP contribution is 2.32. The molecule has 8 heteroatoms. The van der Waals surface area contributed by atoms with Crippen LogP contribution in [0.25, 0.3) is 0 Å². The Morgan fingerprint density at radius 2 is 2.08 bits per heavy atom. The molecule has 2 aromatic heterocycles. The van der Waals surface area contributed by atoms with Gasteiger partial charge in [0.15, 0.2) is 5.13 Å². The number of ether oxygens (including phenoxy) is 2. The highest BCUT2D eigenvalue weighted by molar-refractivity contribution is 7.14. The van der Waals surface area contributed by atoms with E-state index in [2.05, 4.69) is 21.7 Å². The van der Waals surface area contributed by atoms with Crippen molar-refractivity contribution in [2.24, 2.45) is 0 Å². The van der Waals surface area contributed by atoms with Gasteiger partial charge in [-0.25, -0.2) is 4.98 Å². The molecule has 1 aromatic carbocycles. The molecule has 1 amide bonds. The van der Waals surface area contributed by atoms with Crippen LogP contribution in [0.4, 0.5) is 10.8 Å². The molecular weight excluding hydrogens is 370 g/mol. The molecule has 0 aliphatic heterocycles. The van der Waals surface area contributed by atoms with E-state index in [4.69, 9.17) is 9.47 Å². The van der Waals surface area contributed by atoms with Crippen LogP contribution >= 0.6 is 22.7 Å². The number of nitrogens with zero attached hydrogens (tertiary/aromatic N) is 1. The molecule has 6 nitrogen and oxygen atoms in total. The number of thiophene rings is 1. The highest BCUT2D eigenvalue weighted by Gasteiger charge is 2.12. The fourth-order valence-electron chi connectivity index (χ4n) is 2.30. The van der Waals surface area contributed by atoms with Crippen LogP contribution in [0.5, 0.6) is 11.5 Å². The summed E-state index contributed by atoms with van der Waals surface area (Å²) in [6, 6.07) is 9.53. The van der Waals surface area contributed by atoms with Crippen LogP contribution in [0, 0.1) is 0 Å². The van der Waals surface area contributed by atoms with Gasteiger partial charge in [0.25, 0.3) is 5.91 Å². The SMILES string of the molecule is COc1ccc(Nc2nc(C(=O)NCCc3cccs3)cs2)c(OC)c1. The summed E-state index contributed by atoms with van der Waals surface area (Å²) >= 11 is 3.05. The minimum absolute atomic E-state index is 0.174. The van der Waals surface area contributed by atoms with Crippen LogP contribution in [0.2, 0.25) is 0 Å². The second kappa shape index (κ2) is 8.68. The van der Waals surface area contributed by atoms with Crippen LogP contribution in [-0.2, 0) is 6.42 Å². The molecule has 26 heavy (non-hydrogen) atoms. The summed E-state index contributed by atoms with van der Waals surface area (Å²) in [6.45, 7) is 0.589. The molecule has 0 radical (unpaired) electrons. The fourth-order valence-corrected chi connectivity index (χ4v) is 3.71. The lowest BCUT2D eigenvalue weighted by atomic mass is 10.3. The van der Waals surface area contributed by atoms with Crippen LogP contribution in [0.15, 0.2) is 41.1 Å². The van der Waals surface area contributed by atoms with Crippen LogP contribution in [0.3, 0.4) is 0 Å². The van der Waals surface area contributed by atoms with Gasteiger partial charge in [-0.3, -0.25) is 4.79 Å². The molecule has 0 saturated heterocycles. The van der Waals surface area contributed by atoms with Gasteiger partial charge in [-0.2, -0.15) is 0 Å². The predicted molar refractivity (Wildman–Crippen MR) is 105 cm³/mol. The van der Waals surface area contributed by atoms with Crippen molar-refractivity contribution >= 4 is 39.4 Å². The van der Waals surface area contributed by atoms with E-state index in [1.807, 2.05) is 23.6 Å². The number of hydrogen-bond acceptors (Lipinski definition) is 7. The second-order valence-electron chi connectivity index (χ2n) is 5.31. The summed E-state index contributed by atoms with van der Waals surface area (Å²) in [5.74, 6) is 1.17. The van der Waals surface area contributed by atoms with E-state index < -0.39 is 0 Å². The zero-order valence-corrected chi connectivity index (χ0v) is 16.1. The van der Waals surface area contributed by atoms with Gasteiger partial charge in [-0.05, 0) is 30.0 Å². The lowest BCUT2D eigenvalue weighted by molar-refractivity contribution is 0.0950. The first-order valence-electron chi connectivity index (χ1n) is 7.94. The van der Waals surface area contributed by atoms with Crippen molar-refractivity contribution in [3.8, 4) is 11.5 Å². The molecule has 0 fully saturated rings. The van der Waals surface area contributed by atoms with Crippen molar-refractivity contribution in [3.05, 3.63) is 51.7 Å². The van der Waals surface area contributed by atoms with E-state index in [-0.39, 0.29) is 5.91 Å². The van der Waals surface area contributed by atoms with Gasteiger partial charge in [0.2, 0.25) is 0 Å². The quantitative estimate of drug-likeness (QED) is 0.611. The number of methoxy groups -OCH3 is 2. The third-order valence-corrected chi connectivity index (χ3v) is 5.32. The zero-order valence-electron chi connectivity index (χ0n) is 14.4. The van der Waals surface area contributed by atoms with Crippen molar-refractivity contribution < 1.29 is 14.3 Å². The number of aromatic nitrogens is 1. The van der Waals surface area contributed by atoms with Crippen molar-refractivity contribution in [1.29, 1.82) is 0 Å². The molecule has 0 spiro atoms. The van der Waals surface area contributed by atoms with Crippen LogP contribution in [-0.4, -0.2) is 31.7 Å². The second-order valence-corrected chi connectivity index (χ2v) is 7.20. The van der Waals surface area contributed by atoms with E-state index in [0.29, 0.717) is 28.9 Å². The standard InChI is InChI=1S/C18H19N3O3S2/c1-23-12-5-6-14(16(10-12)24-2)20-18-21-15(11-26-18)17(22)19-8-7-13-4-3-9-25-13/h3-6,9-11H,7-8H2,1-2H3,(H,19,22)(H,20,21). The summed E-state index contributed by atoms with van der Waals surface area (Å²) in [4.78, 5) is 17.8. The average Bonchev–Trinajstić information content (AvgIpc) is 3.34. The lowest BCUT2D eigenvalue weighted by Crippen LogP contribution is -2.25. The average molecular weight is 390 g/mol. The van der Waals surface area contributed by atoms with Gasteiger partial charge >= 0.3 is 0 Å². The Morgan fingerprint density at radius 3 is 2.81 bits per heavy atom. The Kier molecular flexibility index (Phi) is 6.08. The number of thiazole rings is 1. The highest BCUT2D eigenvalue weighted by atomic mass is 32.1. The Bertz CT molecular complexity index is 862. The summed E-state index contributed by atoms with van der Waals surface area (Å²) in [6.07, 6.45) is 0.821. The summed E-state index contributed by atoms with van der Waals surface area (Å²) in [5.41, 5.74) is 1.16. The molecule has 136 valence electrons. The molecule has 3 aromatic rings. The third kappa shape index (κ3) is 4.53. The summed E-state index contributed by atoms with van der Waals surface area (Å²) in [5, 5.41) is 10.5. The maximum absolute atomic E-state index is 12.2. The van der Waals surface area contributed by atoms with Gasteiger partial charge in [-0.15, -0.1) is 22.7 Å². The topological polar surface area (TPSA) is 72.5 Å². The summed E-state index contributed by atoms with van der Waals surface area (Å²) in [7, 11) is 3.19. The number of nitrogens with one attached hydrogen (secondary N) is 2. The Balaban J connectivity index is 1.59. The van der Waals surface area contributed by atoms with Crippen molar-refractivity contribution in [2.75, 3.05) is 26.1 Å². The van der Waals surface area contributed by atoms with Gasteiger partial charge in [0, 0.05) is 22.9 Å². The number of benzene rings is 1. The van der Waals surface area contributed by atoms with E-state index >= 15 is 0 Å². The van der Waals surface area contributed by atoms with Gasteiger partial charge in [-0.1, -0.05) is 6.07 Å². The van der Waals surface area contributed by atoms with Crippen molar-refractivity contribution in [3.63, 3.8) is 0 Å². The smallest absolute Gasteiger partial charge is 0.270 e. The Morgan fingerprint density at radius 1 is 1.19 bits per heavy atom. The summed E-state index contributed by atoms with van der Waals surface area (Å²) < 4.78 is 10.5. The first-order chi connectivity index (χ1) is 12.7. The molecule has 2 N–H and O–H groups in total. The van der Waals surface area contributed by atoms with Gasteiger partial charge in [0.05, 0.1) is 19.9 Å². The molecule has 2 heterocycles. The predicted octanol–water partition coefficient (Wildman–Crippen LogP) is 3.94. The Hall–Kier alpha value is -2.58. The monoisotopic (exact) mass is 389 g/mol. The van der Waals surface area contributed by atoms with Crippen molar-refractivity contribution in [1.82, 2.24) is 10.3 Å². The van der Waals surface area contributed by atoms with Gasteiger partial charge in [0.1, 0.15) is 17.2 Å². The first-order valence-corrected chi connectivity index (χ1v) is 9.70. The fraction of sp³-hybridized carbons (Fsp3) is 0.222. The third-order valence-electron chi connectivity index (χ3n) is 3.62. The van der Waals surface area contributed by atoms with E-state index in [1.54, 1.807) is 37.0 Å². The number of amides is 1. The lowest BCUT2D eigenvalue weighted by Gasteiger charge is -2.10. The van der Waals surface area contributed by atoms with E-state index in [1.165, 1.54) is 16.2 Å².